The van der Waals surface area contributed by atoms with Crippen molar-refractivity contribution in [2.45, 2.75) is 18.8 Å². The summed E-state index contributed by atoms with van der Waals surface area (Å²) in [5.74, 6) is -0.463. The molecule has 1 saturated heterocycles. The number of ether oxygens (including phenoxy) is 2. The van der Waals surface area contributed by atoms with Gasteiger partial charge in [-0.25, -0.2) is 0 Å². The zero-order valence-electron chi connectivity index (χ0n) is 8.67. The van der Waals surface area contributed by atoms with Gasteiger partial charge >= 0.3 is 0 Å². The molecule has 0 aliphatic carbocycles. The number of hydrogen-bond acceptors (Lipinski definition) is 2. The van der Waals surface area contributed by atoms with E-state index in [2.05, 4.69) is 0 Å². The van der Waals surface area contributed by atoms with Crippen LogP contribution in [0, 0.1) is 0 Å². The summed E-state index contributed by atoms with van der Waals surface area (Å²) in [5.41, 5.74) is 0.731. The van der Waals surface area contributed by atoms with Crippen LogP contribution in [0.4, 0.5) is 0 Å². The first-order chi connectivity index (χ1) is 7.55. The maximum atomic E-state index is 6.11. The number of hydrogen-bond donors (Lipinski definition) is 0. The molecule has 0 spiro atoms. The van der Waals surface area contributed by atoms with Crippen molar-refractivity contribution in [2.24, 2.45) is 0 Å². The molecule has 1 aromatic rings. The summed E-state index contributed by atoms with van der Waals surface area (Å²) in [6.07, 6.45) is -0.110. The van der Waals surface area contributed by atoms with E-state index in [4.69, 9.17) is 44.3 Å². The second kappa shape index (κ2) is 4.71. The molecular formula is C11H11Cl3O2. The van der Waals surface area contributed by atoms with Gasteiger partial charge in [0.05, 0.1) is 18.6 Å². The fourth-order valence-corrected chi connectivity index (χ4v) is 2.31. The van der Waals surface area contributed by atoms with Crippen molar-refractivity contribution in [3.63, 3.8) is 0 Å². The largest absolute Gasteiger partial charge is 0.343 e. The van der Waals surface area contributed by atoms with Gasteiger partial charge in [0.15, 0.2) is 5.79 Å². The van der Waals surface area contributed by atoms with Gasteiger partial charge in [-0.05, 0) is 25.1 Å². The molecule has 2 rings (SSSR count). The van der Waals surface area contributed by atoms with E-state index in [-0.39, 0.29) is 6.10 Å². The van der Waals surface area contributed by atoms with Crippen molar-refractivity contribution in [3.8, 4) is 0 Å². The first-order valence-electron chi connectivity index (χ1n) is 4.88. The quantitative estimate of drug-likeness (QED) is 0.767. The minimum atomic E-state index is -0.860. The second-order valence-electron chi connectivity index (χ2n) is 3.78. The van der Waals surface area contributed by atoms with E-state index in [1.807, 2.05) is 6.92 Å². The third kappa shape index (κ3) is 2.31. The zero-order valence-corrected chi connectivity index (χ0v) is 10.9. The molecule has 0 aromatic heterocycles. The Morgan fingerprint density at radius 2 is 2.19 bits per heavy atom. The van der Waals surface area contributed by atoms with Gasteiger partial charge in [-0.1, -0.05) is 23.2 Å². The Bertz CT molecular complexity index is 397. The van der Waals surface area contributed by atoms with Gasteiger partial charge in [0.25, 0.3) is 0 Å². The topological polar surface area (TPSA) is 18.5 Å². The lowest BCUT2D eigenvalue weighted by atomic mass is 10.1. The van der Waals surface area contributed by atoms with Gasteiger partial charge in [-0.2, -0.15) is 0 Å². The van der Waals surface area contributed by atoms with Gasteiger partial charge in [0.1, 0.15) is 0 Å². The number of rotatable bonds is 2. The van der Waals surface area contributed by atoms with E-state index in [9.17, 15) is 0 Å². The maximum Gasteiger partial charge on any atom is 0.193 e. The molecule has 0 N–H and O–H groups in total. The lowest BCUT2D eigenvalue weighted by molar-refractivity contribution is -0.159. The summed E-state index contributed by atoms with van der Waals surface area (Å²) >= 11 is 17.8. The predicted molar refractivity (Wildman–Crippen MR) is 65.4 cm³/mol. The Kier molecular flexibility index (Phi) is 3.67. The Labute approximate surface area is 109 Å². The van der Waals surface area contributed by atoms with E-state index < -0.39 is 5.79 Å². The molecule has 0 amide bonds. The lowest BCUT2D eigenvalue weighted by Gasteiger charge is -2.24. The number of alkyl halides is 1. The third-order valence-electron chi connectivity index (χ3n) is 2.53. The molecule has 88 valence electrons. The molecule has 0 saturated carbocycles. The summed E-state index contributed by atoms with van der Waals surface area (Å²) < 4.78 is 11.3. The minimum Gasteiger partial charge on any atom is -0.343 e. The van der Waals surface area contributed by atoms with Crippen molar-refractivity contribution in [2.75, 3.05) is 12.5 Å². The fourth-order valence-electron chi connectivity index (χ4n) is 1.70. The summed E-state index contributed by atoms with van der Waals surface area (Å²) in [6, 6.07) is 5.20. The van der Waals surface area contributed by atoms with E-state index in [1.165, 1.54) is 0 Å². The van der Waals surface area contributed by atoms with Gasteiger partial charge in [-0.3, -0.25) is 0 Å². The van der Waals surface area contributed by atoms with Gasteiger partial charge in [0, 0.05) is 15.6 Å². The molecule has 0 bridgehead atoms. The summed E-state index contributed by atoms with van der Waals surface area (Å²) in [6.45, 7) is 2.28. The molecule has 1 aliphatic rings. The van der Waals surface area contributed by atoms with Crippen LogP contribution in [0.2, 0.25) is 10.0 Å². The van der Waals surface area contributed by atoms with Crippen molar-refractivity contribution in [1.29, 1.82) is 0 Å². The third-order valence-corrected chi connectivity index (χ3v) is 3.43. The Balaban J connectivity index is 2.33. The summed E-state index contributed by atoms with van der Waals surface area (Å²) in [7, 11) is 0. The highest BCUT2D eigenvalue weighted by molar-refractivity contribution is 6.33. The molecule has 2 atom stereocenters. The van der Waals surface area contributed by atoms with E-state index in [0.717, 1.165) is 5.56 Å². The van der Waals surface area contributed by atoms with Crippen LogP contribution in [0.1, 0.15) is 12.5 Å². The fraction of sp³-hybridized carbons (Fsp3) is 0.455. The van der Waals surface area contributed by atoms with Crippen molar-refractivity contribution in [1.82, 2.24) is 0 Å². The molecule has 5 heteroatoms. The van der Waals surface area contributed by atoms with Gasteiger partial charge in [-0.15, -0.1) is 11.6 Å². The average molecular weight is 282 g/mol. The molecule has 1 heterocycles. The normalized spacial score (nSPS) is 29.6. The standard InChI is InChI=1S/C11H11Cl3O2/c1-11(15-6-8(5-12)16-11)9-4-7(13)2-3-10(9)14/h2-4,8H,5-6H2,1H3. The van der Waals surface area contributed by atoms with Crippen LogP contribution in [0.25, 0.3) is 0 Å². The number of benzene rings is 1. The zero-order chi connectivity index (χ0) is 11.8. The van der Waals surface area contributed by atoms with Crippen LogP contribution >= 0.6 is 34.8 Å². The second-order valence-corrected chi connectivity index (χ2v) is 4.93. The molecule has 2 nitrogen and oxygen atoms in total. The predicted octanol–water partition coefficient (Wildman–Crippen LogP) is 3.82. The molecule has 0 radical (unpaired) electrons. The van der Waals surface area contributed by atoms with Gasteiger partial charge in [0.2, 0.25) is 0 Å². The highest BCUT2D eigenvalue weighted by Crippen LogP contribution is 2.38. The highest BCUT2D eigenvalue weighted by Gasteiger charge is 2.39. The van der Waals surface area contributed by atoms with Crippen LogP contribution in [0.3, 0.4) is 0 Å². The van der Waals surface area contributed by atoms with Crippen LogP contribution in [0.15, 0.2) is 18.2 Å². The van der Waals surface area contributed by atoms with Crippen molar-refractivity contribution < 1.29 is 9.47 Å². The minimum absolute atomic E-state index is 0.110. The lowest BCUT2D eigenvalue weighted by Crippen LogP contribution is -2.24. The van der Waals surface area contributed by atoms with Crippen molar-refractivity contribution >= 4 is 34.8 Å². The van der Waals surface area contributed by atoms with E-state index >= 15 is 0 Å². The van der Waals surface area contributed by atoms with E-state index in [0.29, 0.717) is 22.5 Å². The molecule has 2 unspecified atom stereocenters. The molecule has 1 aliphatic heterocycles. The monoisotopic (exact) mass is 280 g/mol. The average Bonchev–Trinajstić information content (AvgIpc) is 2.65. The smallest absolute Gasteiger partial charge is 0.193 e. The van der Waals surface area contributed by atoms with Crippen LogP contribution in [0.5, 0.6) is 0 Å². The molecule has 16 heavy (non-hydrogen) atoms. The van der Waals surface area contributed by atoms with Crippen molar-refractivity contribution in [3.05, 3.63) is 33.8 Å². The van der Waals surface area contributed by atoms with Crippen LogP contribution in [-0.4, -0.2) is 18.6 Å². The Hall–Kier alpha value is 0.01000. The summed E-state index contributed by atoms with van der Waals surface area (Å²) in [4.78, 5) is 0. The summed E-state index contributed by atoms with van der Waals surface area (Å²) in [5, 5.41) is 1.17. The maximum absolute atomic E-state index is 6.11. The van der Waals surface area contributed by atoms with Gasteiger partial charge < -0.3 is 9.47 Å². The molecule has 1 fully saturated rings. The Morgan fingerprint density at radius 3 is 2.81 bits per heavy atom. The highest BCUT2D eigenvalue weighted by atomic mass is 35.5. The Morgan fingerprint density at radius 1 is 1.44 bits per heavy atom. The first kappa shape index (κ1) is 12.5. The number of halogens is 3. The molecule has 1 aromatic carbocycles. The van der Waals surface area contributed by atoms with E-state index in [1.54, 1.807) is 18.2 Å². The first-order valence-corrected chi connectivity index (χ1v) is 6.17. The van der Waals surface area contributed by atoms with Crippen LogP contribution < -0.4 is 0 Å². The SMILES string of the molecule is CC1(c2cc(Cl)ccc2Cl)OCC(CCl)O1. The molecular weight excluding hydrogens is 270 g/mol. The van der Waals surface area contributed by atoms with Crippen LogP contribution in [-0.2, 0) is 15.3 Å².